The van der Waals surface area contributed by atoms with E-state index in [2.05, 4.69) is 15.5 Å². The Balaban J connectivity index is 2.06. The minimum atomic E-state index is -0.168. The Labute approximate surface area is 116 Å². The lowest BCUT2D eigenvalue weighted by molar-refractivity contribution is 0.0951. The van der Waals surface area contributed by atoms with E-state index >= 15 is 0 Å². The molecule has 1 aromatic heterocycles. The van der Waals surface area contributed by atoms with E-state index in [0.717, 1.165) is 11.3 Å². The van der Waals surface area contributed by atoms with E-state index in [4.69, 9.17) is 18.0 Å². The molecule has 0 aliphatic rings. The van der Waals surface area contributed by atoms with Gasteiger partial charge in [-0.2, -0.15) is 5.10 Å². The Hall–Kier alpha value is -2.21. The third kappa shape index (κ3) is 3.17. The Kier molecular flexibility index (Phi) is 3.91. The van der Waals surface area contributed by atoms with Gasteiger partial charge >= 0.3 is 0 Å². The topological polar surface area (TPSA) is 83.8 Å². The molecule has 6 heteroatoms. The Morgan fingerprint density at radius 1 is 1.47 bits per heavy atom. The highest BCUT2D eigenvalue weighted by Crippen LogP contribution is 2.07. The van der Waals surface area contributed by atoms with Crippen molar-refractivity contribution < 1.29 is 4.79 Å². The summed E-state index contributed by atoms with van der Waals surface area (Å²) in [4.78, 5) is 12.3. The first-order chi connectivity index (χ1) is 9.08. The second-order valence-electron chi connectivity index (χ2n) is 4.15. The van der Waals surface area contributed by atoms with Gasteiger partial charge in [0.15, 0.2) is 0 Å². The van der Waals surface area contributed by atoms with Gasteiger partial charge in [0, 0.05) is 28.9 Å². The molecule has 0 spiro atoms. The van der Waals surface area contributed by atoms with Crippen LogP contribution in [-0.4, -0.2) is 21.1 Å². The van der Waals surface area contributed by atoms with Crippen LogP contribution in [0.5, 0.6) is 0 Å². The molecule has 0 unspecified atom stereocenters. The van der Waals surface area contributed by atoms with E-state index in [1.54, 1.807) is 30.5 Å². The third-order valence-electron chi connectivity index (χ3n) is 2.78. The maximum absolute atomic E-state index is 12.0. The highest BCUT2D eigenvalue weighted by atomic mass is 32.1. The van der Waals surface area contributed by atoms with E-state index < -0.39 is 0 Å². The number of carbonyl (C=O) groups is 1. The molecule has 19 heavy (non-hydrogen) atoms. The molecule has 0 bridgehead atoms. The molecule has 1 aromatic carbocycles. The van der Waals surface area contributed by atoms with Gasteiger partial charge in [0.1, 0.15) is 4.99 Å². The fourth-order valence-electron chi connectivity index (χ4n) is 1.65. The molecular weight excluding hydrogens is 260 g/mol. The number of nitrogens with one attached hydrogen (secondary N) is 2. The summed E-state index contributed by atoms with van der Waals surface area (Å²) >= 11 is 4.89. The molecule has 2 rings (SSSR count). The summed E-state index contributed by atoms with van der Waals surface area (Å²) in [7, 11) is 0. The van der Waals surface area contributed by atoms with Gasteiger partial charge in [0.2, 0.25) is 0 Å². The van der Waals surface area contributed by atoms with Crippen LogP contribution in [0.1, 0.15) is 27.2 Å². The molecule has 4 N–H and O–H groups in total. The van der Waals surface area contributed by atoms with Gasteiger partial charge < -0.3 is 11.1 Å². The quantitative estimate of drug-likeness (QED) is 0.733. The number of rotatable bonds is 4. The first kappa shape index (κ1) is 13.2. The smallest absolute Gasteiger partial charge is 0.251 e. The summed E-state index contributed by atoms with van der Waals surface area (Å²) in [6.45, 7) is 2.33. The number of carbonyl (C=O) groups excluding carboxylic acids is 1. The lowest BCUT2D eigenvalue weighted by Crippen LogP contribution is -2.23. The fraction of sp³-hybridized carbons (Fsp3) is 0.154. The number of aromatic nitrogens is 2. The van der Waals surface area contributed by atoms with Crippen LogP contribution in [0.15, 0.2) is 30.5 Å². The van der Waals surface area contributed by atoms with E-state index in [0.29, 0.717) is 17.7 Å². The number of hydrogen-bond donors (Lipinski definition) is 3. The minimum Gasteiger partial charge on any atom is -0.389 e. The largest absolute Gasteiger partial charge is 0.389 e. The number of H-pyrrole nitrogens is 1. The van der Waals surface area contributed by atoms with Crippen LogP contribution in [-0.2, 0) is 6.54 Å². The van der Waals surface area contributed by atoms with Crippen molar-refractivity contribution in [3.05, 3.63) is 52.8 Å². The van der Waals surface area contributed by atoms with Crippen LogP contribution in [0, 0.1) is 6.92 Å². The molecule has 0 fully saturated rings. The van der Waals surface area contributed by atoms with Gasteiger partial charge in [0.25, 0.3) is 5.91 Å². The Morgan fingerprint density at radius 2 is 2.21 bits per heavy atom. The van der Waals surface area contributed by atoms with Gasteiger partial charge in [-0.05, 0) is 19.1 Å². The highest BCUT2D eigenvalue weighted by Gasteiger charge is 2.08. The van der Waals surface area contributed by atoms with Crippen molar-refractivity contribution in [3.63, 3.8) is 0 Å². The number of aromatic amines is 1. The van der Waals surface area contributed by atoms with Crippen LogP contribution < -0.4 is 11.1 Å². The average molecular weight is 274 g/mol. The van der Waals surface area contributed by atoms with Crippen molar-refractivity contribution in [2.45, 2.75) is 13.5 Å². The Bertz CT molecular complexity index is 621. The van der Waals surface area contributed by atoms with E-state index in [9.17, 15) is 4.79 Å². The maximum atomic E-state index is 12.0. The normalized spacial score (nSPS) is 10.2. The summed E-state index contributed by atoms with van der Waals surface area (Å²) in [5.41, 5.74) is 8.66. The van der Waals surface area contributed by atoms with Crippen molar-refractivity contribution in [2.24, 2.45) is 5.73 Å². The zero-order chi connectivity index (χ0) is 13.8. The number of hydrogen-bond acceptors (Lipinski definition) is 3. The van der Waals surface area contributed by atoms with Crippen molar-refractivity contribution >= 4 is 23.1 Å². The van der Waals surface area contributed by atoms with E-state index in [1.807, 2.05) is 6.92 Å². The zero-order valence-corrected chi connectivity index (χ0v) is 11.3. The molecule has 0 saturated heterocycles. The minimum absolute atomic E-state index is 0.168. The highest BCUT2D eigenvalue weighted by molar-refractivity contribution is 7.80. The molecule has 0 aliphatic carbocycles. The number of thiocarbonyl (C=S) groups is 1. The lowest BCUT2D eigenvalue weighted by Gasteiger charge is -2.06. The second-order valence-corrected chi connectivity index (χ2v) is 4.59. The molecule has 0 atom stereocenters. The summed E-state index contributed by atoms with van der Waals surface area (Å²) in [5.74, 6) is -0.168. The van der Waals surface area contributed by atoms with Crippen LogP contribution in [0.3, 0.4) is 0 Å². The van der Waals surface area contributed by atoms with Crippen molar-refractivity contribution in [1.82, 2.24) is 15.5 Å². The number of nitrogens with two attached hydrogens (primary N) is 1. The van der Waals surface area contributed by atoms with Crippen molar-refractivity contribution in [2.75, 3.05) is 0 Å². The van der Waals surface area contributed by atoms with Crippen molar-refractivity contribution in [3.8, 4) is 0 Å². The lowest BCUT2D eigenvalue weighted by atomic mass is 10.1. The van der Waals surface area contributed by atoms with Gasteiger partial charge in [-0.25, -0.2) is 0 Å². The molecular formula is C13H14N4OS. The SMILES string of the molecule is Cc1[nH]ncc1CNC(=O)c1cccc(C(N)=S)c1. The van der Waals surface area contributed by atoms with Gasteiger partial charge in [0.05, 0.1) is 6.20 Å². The van der Waals surface area contributed by atoms with E-state index in [-0.39, 0.29) is 10.9 Å². The van der Waals surface area contributed by atoms with Crippen LogP contribution in [0.4, 0.5) is 0 Å². The summed E-state index contributed by atoms with van der Waals surface area (Å²) < 4.78 is 0. The predicted octanol–water partition coefficient (Wildman–Crippen LogP) is 1.28. The summed E-state index contributed by atoms with van der Waals surface area (Å²) in [6.07, 6.45) is 1.70. The zero-order valence-electron chi connectivity index (χ0n) is 10.4. The standard InChI is InChI=1S/C13H14N4OS/c1-8-11(7-16-17-8)6-15-13(18)10-4-2-3-9(5-10)12(14)19/h2-5,7H,6H2,1H3,(H2,14,19)(H,15,18)(H,16,17). The van der Waals surface area contributed by atoms with Gasteiger partial charge in [-0.3, -0.25) is 9.89 Å². The average Bonchev–Trinajstić information content (AvgIpc) is 2.81. The van der Waals surface area contributed by atoms with Crippen molar-refractivity contribution in [1.29, 1.82) is 0 Å². The molecule has 5 nitrogen and oxygen atoms in total. The number of benzene rings is 1. The molecule has 98 valence electrons. The first-order valence-corrected chi connectivity index (χ1v) is 6.15. The third-order valence-corrected chi connectivity index (χ3v) is 3.02. The molecule has 1 amide bonds. The van der Waals surface area contributed by atoms with E-state index in [1.165, 1.54) is 0 Å². The molecule has 0 radical (unpaired) electrons. The summed E-state index contributed by atoms with van der Waals surface area (Å²) in [5, 5.41) is 9.55. The number of amides is 1. The molecule has 1 heterocycles. The fourth-order valence-corrected chi connectivity index (χ4v) is 1.77. The first-order valence-electron chi connectivity index (χ1n) is 5.75. The summed E-state index contributed by atoms with van der Waals surface area (Å²) in [6, 6.07) is 6.94. The van der Waals surface area contributed by atoms with Gasteiger partial charge in [-0.1, -0.05) is 24.4 Å². The number of aryl methyl sites for hydroxylation is 1. The molecule has 0 saturated carbocycles. The predicted molar refractivity (Wildman–Crippen MR) is 76.8 cm³/mol. The molecule has 2 aromatic rings. The maximum Gasteiger partial charge on any atom is 0.251 e. The number of nitrogens with zero attached hydrogens (tertiary/aromatic N) is 1. The monoisotopic (exact) mass is 274 g/mol. The van der Waals surface area contributed by atoms with Crippen LogP contribution in [0.25, 0.3) is 0 Å². The van der Waals surface area contributed by atoms with Crippen LogP contribution in [0.2, 0.25) is 0 Å². The van der Waals surface area contributed by atoms with Gasteiger partial charge in [-0.15, -0.1) is 0 Å². The molecule has 0 aliphatic heterocycles. The van der Waals surface area contributed by atoms with Crippen LogP contribution >= 0.6 is 12.2 Å². The Morgan fingerprint density at radius 3 is 2.84 bits per heavy atom. The second kappa shape index (κ2) is 5.62.